The molecule has 1 heterocycles. The third-order valence-electron chi connectivity index (χ3n) is 2.88. The van der Waals surface area contributed by atoms with E-state index in [9.17, 15) is 0 Å². The first-order chi connectivity index (χ1) is 8.13. The number of unbranched alkanes of at least 4 members (excludes halogenated alkanes) is 1. The Hall–Kier alpha value is -1.06. The number of hydrogen-bond acceptors (Lipinski definition) is 2. The average Bonchev–Trinajstić information content (AvgIpc) is 2.64. The third-order valence-corrected chi connectivity index (χ3v) is 3.12. The van der Waals surface area contributed by atoms with Crippen molar-refractivity contribution in [2.24, 2.45) is 5.73 Å². The zero-order valence-electron chi connectivity index (χ0n) is 10.3. The molecule has 2 aromatic rings. The maximum atomic E-state index is 5.98. The summed E-state index contributed by atoms with van der Waals surface area (Å²) >= 11 is 5.98. The summed E-state index contributed by atoms with van der Waals surface area (Å²) in [7, 11) is 0. The van der Waals surface area contributed by atoms with Gasteiger partial charge in [0.1, 0.15) is 5.82 Å². The van der Waals surface area contributed by atoms with Gasteiger partial charge in [-0.1, -0.05) is 24.9 Å². The van der Waals surface area contributed by atoms with Crippen LogP contribution in [0.2, 0.25) is 5.02 Å². The summed E-state index contributed by atoms with van der Waals surface area (Å²) in [6.07, 6.45) is 2.29. The largest absolute Gasteiger partial charge is 0.327 e. The molecule has 3 nitrogen and oxygen atoms in total. The highest BCUT2D eigenvalue weighted by Gasteiger charge is 2.13. The molecule has 2 rings (SSSR count). The van der Waals surface area contributed by atoms with E-state index >= 15 is 0 Å². The van der Waals surface area contributed by atoms with Gasteiger partial charge in [-0.2, -0.15) is 0 Å². The van der Waals surface area contributed by atoms with Crippen LogP contribution in [-0.4, -0.2) is 9.55 Å². The molecule has 0 aliphatic heterocycles. The summed E-state index contributed by atoms with van der Waals surface area (Å²) in [6, 6.07) is 5.76. The van der Waals surface area contributed by atoms with Crippen molar-refractivity contribution in [2.75, 3.05) is 0 Å². The van der Waals surface area contributed by atoms with Crippen LogP contribution in [0, 0.1) is 0 Å². The minimum atomic E-state index is -0.0574. The fourth-order valence-corrected chi connectivity index (χ4v) is 2.19. The molecule has 4 heteroatoms. The zero-order chi connectivity index (χ0) is 12.4. The van der Waals surface area contributed by atoms with Gasteiger partial charge in [0.05, 0.1) is 17.1 Å². The lowest BCUT2D eigenvalue weighted by Gasteiger charge is -2.10. The summed E-state index contributed by atoms with van der Waals surface area (Å²) in [5.41, 5.74) is 8.02. The summed E-state index contributed by atoms with van der Waals surface area (Å²) in [6.45, 7) is 5.11. The molecule has 0 amide bonds. The van der Waals surface area contributed by atoms with Gasteiger partial charge < -0.3 is 10.3 Å². The van der Waals surface area contributed by atoms with Gasteiger partial charge in [-0.3, -0.25) is 0 Å². The van der Waals surface area contributed by atoms with Crippen LogP contribution in [0.15, 0.2) is 18.2 Å². The van der Waals surface area contributed by atoms with Crippen molar-refractivity contribution < 1.29 is 0 Å². The van der Waals surface area contributed by atoms with Gasteiger partial charge in [0.15, 0.2) is 0 Å². The highest BCUT2D eigenvalue weighted by atomic mass is 35.5. The monoisotopic (exact) mass is 251 g/mol. The van der Waals surface area contributed by atoms with Crippen LogP contribution in [0.5, 0.6) is 0 Å². The first-order valence-corrected chi connectivity index (χ1v) is 6.42. The van der Waals surface area contributed by atoms with E-state index in [0.29, 0.717) is 5.02 Å². The topological polar surface area (TPSA) is 43.8 Å². The molecular formula is C13H18ClN3. The molecule has 1 aromatic heterocycles. The number of aromatic nitrogens is 2. The van der Waals surface area contributed by atoms with Crippen molar-refractivity contribution in [3.63, 3.8) is 0 Å². The van der Waals surface area contributed by atoms with Crippen LogP contribution in [0.3, 0.4) is 0 Å². The van der Waals surface area contributed by atoms with E-state index < -0.39 is 0 Å². The number of rotatable bonds is 4. The predicted molar refractivity (Wildman–Crippen MR) is 72.3 cm³/mol. The summed E-state index contributed by atoms with van der Waals surface area (Å²) < 4.78 is 2.21. The highest BCUT2D eigenvalue weighted by Crippen LogP contribution is 2.23. The number of benzene rings is 1. The molecule has 0 aliphatic carbocycles. The first-order valence-electron chi connectivity index (χ1n) is 6.04. The molecule has 0 saturated carbocycles. The minimum absolute atomic E-state index is 0.0574. The average molecular weight is 252 g/mol. The molecule has 17 heavy (non-hydrogen) atoms. The molecule has 0 fully saturated rings. The number of nitrogens with zero attached hydrogens (tertiary/aromatic N) is 2. The maximum Gasteiger partial charge on any atom is 0.126 e. The Balaban J connectivity index is 2.54. The molecule has 0 spiro atoms. The molecule has 1 atom stereocenters. The smallest absolute Gasteiger partial charge is 0.126 e. The van der Waals surface area contributed by atoms with Crippen molar-refractivity contribution in [3.05, 3.63) is 29.0 Å². The Labute approximate surface area is 107 Å². The lowest BCUT2D eigenvalue weighted by atomic mass is 10.3. The number of imidazole rings is 1. The molecule has 0 radical (unpaired) electrons. The van der Waals surface area contributed by atoms with E-state index in [1.807, 2.05) is 25.1 Å². The van der Waals surface area contributed by atoms with Crippen molar-refractivity contribution >= 4 is 22.6 Å². The third kappa shape index (κ3) is 2.45. The molecule has 2 N–H and O–H groups in total. The Morgan fingerprint density at radius 1 is 1.47 bits per heavy atom. The van der Waals surface area contributed by atoms with Crippen molar-refractivity contribution in [3.8, 4) is 0 Å². The number of hydrogen-bond donors (Lipinski definition) is 1. The Morgan fingerprint density at radius 2 is 2.24 bits per heavy atom. The lowest BCUT2D eigenvalue weighted by molar-refractivity contribution is 0.588. The van der Waals surface area contributed by atoms with E-state index in [4.69, 9.17) is 17.3 Å². The molecule has 1 aromatic carbocycles. The molecule has 92 valence electrons. The number of fused-ring (bicyclic) bond motifs is 1. The summed E-state index contributed by atoms with van der Waals surface area (Å²) in [5, 5.41) is 0.717. The van der Waals surface area contributed by atoms with Gasteiger partial charge in [-0.25, -0.2) is 4.98 Å². The quantitative estimate of drug-likeness (QED) is 0.904. The van der Waals surface area contributed by atoms with Gasteiger partial charge in [0.2, 0.25) is 0 Å². The lowest BCUT2D eigenvalue weighted by Crippen LogP contribution is -2.13. The van der Waals surface area contributed by atoms with E-state index in [-0.39, 0.29) is 6.04 Å². The minimum Gasteiger partial charge on any atom is -0.327 e. The van der Waals surface area contributed by atoms with Crippen molar-refractivity contribution in [1.82, 2.24) is 9.55 Å². The Morgan fingerprint density at radius 3 is 2.88 bits per heavy atom. The van der Waals surface area contributed by atoms with Crippen LogP contribution >= 0.6 is 11.6 Å². The van der Waals surface area contributed by atoms with Gasteiger partial charge >= 0.3 is 0 Å². The summed E-state index contributed by atoms with van der Waals surface area (Å²) in [4.78, 5) is 4.58. The van der Waals surface area contributed by atoms with Crippen LogP contribution in [-0.2, 0) is 6.54 Å². The Bertz CT molecular complexity index is 517. The van der Waals surface area contributed by atoms with E-state index in [1.165, 1.54) is 0 Å². The van der Waals surface area contributed by atoms with Crippen molar-refractivity contribution in [2.45, 2.75) is 39.3 Å². The standard InChI is InChI=1S/C13H18ClN3/c1-3-4-7-17-12-6-5-10(14)8-11(12)16-13(17)9(2)15/h5-6,8-9H,3-4,7,15H2,1-2H3/t9-/m1/s1. The van der Waals surface area contributed by atoms with Crippen LogP contribution < -0.4 is 5.73 Å². The van der Waals surface area contributed by atoms with Gasteiger partial charge in [-0.15, -0.1) is 0 Å². The van der Waals surface area contributed by atoms with E-state index in [0.717, 1.165) is 36.2 Å². The van der Waals surface area contributed by atoms with Crippen LogP contribution in [0.4, 0.5) is 0 Å². The fourth-order valence-electron chi connectivity index (χ4n) is 2.02. The van der Waals surface area contributed by atoms with Gasteiger partial charge in [0.25, 0.3) is 0 Å². The molecule has 0 unspecified atom stereocenters. The van der Waals surface area contributed by atoms with Gasteiger partial charge in [-0.05, 0) is 31.5 Å². The normalized spacial score (nSPS) is 13.2. The second kappa shape index (κ2) is 5.07. The molecule has 0 saturated heterocycles. The molecule has 0 aliphatic rings. The highest BCUT2D eigenvalue weighted by molar-refractivity contribution is 6.31. The van der Waals surface area contributed by atoms with Crippen LogP contribution in [0.25, 0.3) is 11.0 Å². The Kier molecular flexibility index (Phi) is 3.69. The predicted octanol–water partition coefficient (Wildman–Crippen LogP) is 3.51. The van der Waals surface area contributed by atoms with Crippen molar-refractivity contribution in [1.29, 1.82) is 0 Å². The number of nitrogens with two attached hydrogens (primary N) is 1. The first kappa shape index (κ1) is 12.4. The van der Waals surface area contributed by atoms with E-state index in [1.54, 1.807) is 0 Å². The maximum absolute atomic E-state index is 5.98. The molecule has 0 bridgehead atoms. The number of aryl methyl sites for hydroxylation is 1. The van der Waals surface area contributed by atoms with Crippen LogP contribution in [0.1, 0.15) is 38.6 Å². The fraction of sp³-hybridized carbons (Fsp3) is 0.462. The second-order valence-corrected chi connectivity index (χ2v) is 4.83. The zero-order valence-corrected chi connectivity index (χ0v) is 11.0. The summed E-state index contributed by atoms with van der Waals surface area (Å²) in [5.74, 6) is 0.940. The van der Waals surface area contributed by atoms with E-state index in [2.05, 4.69) is 16.5 Å². The molecular weight excluding hydrogens is 234 g/mol. The SMILES string of the molecule is CCCCn1c([C@@H](C)N)nc2cc(Cl)ccc21. The second-order valence-electron chi connectivity index (χ2n) is 4.40. The number of halogens is 1. The van der Waals surface area contributed by atoms with Gasteiger partial charge in [0, 0.05) is 11.6 Å².